The third-order valence-corrected chi connectivity index (χ3v) is 8.77. The van der Waals surface area contributed by atoms with Crippen molar-refractivity contribution in [2.24, 2.45) is 0 Å². The first-order chi connectivity index (χ1) is 15.4. The van der Waals surface area contributed by atoms with Gasteiger partial charge in [-0.15, -0.1) is 0 Å². The molecular weight excluding hydrogens is 450 g/mol. The molecule has 2 aliphatic heterocycles. The van der Waals surface area contributed by atoms with Crippen molar-refractivity contribution in [1.82, 2.24) is 9.29 Å². The van der Waals surface area contributed by atoms with Crippen LogP contribution in [0.15, 0.2) is 46.5 Å². The van der Waals surface area contributed by atoms with Gasteiger partial charge in [0.15, 0.2) is 11.5 Å². The number of aromatic nitrogens is 1. The number of hydrogen-bond acceptors (Lipinski definition) is 7. The van der Waals surface area contributed by atoms with Crippen LogP contribution in [0.1, 0.15) is 38.5 Å². The molecule has 1 aliphatic carbocycles. The lowest BCUT2D eigenvalue weighted by molar-refractivity contribution is -0.113. The Morgan fingerprint density at radius 1 is 1.06 bits per heavy atom. The smallest absolute Gasteiger partial charge is 0.251 e. The lowest BCUT2D eigenvalue weighted by Crippen LogP contribution is -2.34. The number of anilines is 1. The van der Waals surface area contributed by atoms with E-state index in [4.69, 9.17) is 9.47 Å². The first kappa shape index (κ1) is 21.5. The van der Waals surface area contributed by atoms with E-state index in [0.717, 1.165) is 38.5 Å². The van der Waals surface area contributed by atoms with E-state index in [-0.39, 0.29) is 16.6 Å². The van der Waals surface area contributed by atoms with E-state index >= 15 is 0 Å². The Balaban J connectivity index is 1.16. The average Bonchev–Trinajstić information content (AvgIpc) is 3.54. The van der Waals surface area contributed by atoms with Crippen LogP contribution in [0.5, 0.6) is 11.5 Å². The monoisotopic (exact) mass is 475 g/mol. The van der Waals surface area contributed by atoms with Crippen LogP contribution >= 0.6 is 11.8 Å². The van der Waals surface area contributed by atoms with Gasteiger partial charge in [0.2, 0.25) is 15.9 Å². The van der Waals surface area contributed by atoms with Gasteiger partial charge in [-0.2, -0.15) is 4.31 Å². The summed E-state index contributed by atoms with van der Waals surface area (Å²) >= 11 is 1.25. The lowest BCUT2D eigenvalue weighted by Gasteiger charge is -2.21. The summed E-state index contributed by atoms with van der Waals surface area (Å²) in [5.74, 6) is 0.825. The summed E-state index contributed by atoms with van der Waals surface area (Å²) in [5, 5.41) is 3.46. The summed E-state index contributed by atoms with van der Waals surface area (Å²) < 4.78 is 38.7. The molecule has 3 heterocycles. The van der Waals surface area contributed by atoms with Crippen LogP contribution in [0, 0.1) is 0 Å². The molecule has 8 nitrogen and oxygen atoms in total. The average molecular weight is 476 g/mol. The molecule has 1 aromatic carbocycles. The molecule has 0 bridgehead atoms. The van der Waals surface area contributed by atoms with Gasteiger partial charge >= 0.3 is 0 Å². The molecule has 32 heavy (non-hydrogen) atoms. The van der Waals surface area contributed by atoms with Gasteiger partial charge in [-0.05, 0) is 49.9 Å². The molecule has 2 fully saturated rings. The Labute approximate surface area is 191 Å². The number of pyridine rings is 1. The minimum absolute atomic E-state index is 0.156. The van der Waals surface area contributed by atoms with Crippen molar-refractivity contribution >= 4 is 33.4 Å². The minimum atomic E-state index is -3.48. The number of rotatable bonds is 6. The second-order valence-corrected chi connectivity index (χ2v) is 11.2. The predicted molar refractivity (Wildman–Crippen MR) is 120 cm³/mol. The van der Waals surface area contributed by atoms with Gasteiger partial charge < -0.3 is 14.8 Å². The minimum Gasteiger partial charge on any atom is -0.448 e. The van der Waals surface area contributed by atoms with Gasteiger partial charge in [0, 0.05) is 43.9 Å². The molecule has 5 rings (SSSR count). The Bertz CT molecular complexity index is 1110. The Morgan fingerprint density at radius 3 is 2.53 bits per heavy atom. The predicted octanol–water partition coefficient (Wildman–Crippen LogP) is 3.64. The van der Waals surface area contributed by atoms with Gasteiger partial charge in [-0.25, -0.2) is 13.4 Å². The lowest BCUT2D eigenvalue weighted by atomic mass is 10.2. The number of nitrogens with zero attached hydrogens (tertiary/aromatic N) is 2. The van der Waals surface area contributed by atoms with Crippen molar-refractivity contribution in [3.63, 3.8) is 0 Å². The Hall–Kier alpha value is -2.30. The number of fused-ring (bicyclic) bond motifs is 1. The zero-order valence-corrected chi connectivity index (χ0v) is 19.2. The summed E-state index contributed by atoms with van der Waals surface area (Å²) in [7, 11) is -3.48. The maximum Gasteiger partial charge on any atom is 0.251 e. The van der Waals surface area contributed by atoms with Crippen LogP contribution in [-0.2, 0) is 14.8 Å². The number of sulfonamides is 1. The molecule has 0 radical (unpaired) electrons. The number of thioether (sulfide) groups is 1. The SMILES string of the molecule is O=C(CSc1ccc(S(=O)(=O)N2CCCC2)cn1)Nc1ccc2c(c1)OC1(CCCC1)O2. The fraction of sp³-hybridized carbons (Fsp3) is 0.455. The van der Waals surface area contributed by atoms with Crippen molar-refractivity contribution in [2.45, 2.75) is 54.2 Å². The fourth-order valence-electron chi connectivity index (χ4n) is 4.31. The van der Waals surface area contributed by atoms with Gasteiger partial charge in [-0.3, -0.25) is 4.79 Å². The topological polar surface area (TPSA) is 97.8 Å². The molecule has 1 saturated carbocycles. The number of carbonyl (C=O) groups is 1. The van der Waals surface area contributed by atoms with Gasteiger partial charge in [0.1, 0.15) is 4.90 Å². The number of hydrogen-bond donors (Lipinski definition) is 1. The normalized spacial score (nSPS) is 19.5. The van der Waals surface area contributed by atoms with E-state index in [9.17, 15) is 13.2 Å². The fourth-order valence-corrected chi connectivity index (χ4v) is 6.41. The van der Waals surface area contributed by atoms with Crippen molar-refractivity contribution < 1.29 is 22.7 Å². The zero-order valence-electron chi connectivity index (χ0n) is 17.6. The highest BCUT2D eigenvalue weighted by Crippen LogP contribution is 2.47. The van der Waals surface area contributed by atoms with E-state index in [1.807, 2.05) is 6.07 Å². The van der Waals surface area contributed by atoms with Crippen LogP contribution in [0.2, 0.25) is 0 Å². The molecule has 2 aromatic rings. The second-order valence-electron chi connectivity index (χ2n) is 8.26. The van der Waals surface area contributed by atoms with Crippen molar-refractivity contribution in [1.29, 1.82) is 0 Å². The van der Waals surface area contributed by atoms with Crippen LogP contribution in [0.3, 0.4) is 0 Å². The quantitative estimate of drug-likeness (QED) is 0.637. The summed E-state index contributed by atoms with van der Waals surface area (Å²) in [6.07, 6.45) is 7.09. The number of ether oxygens (including phenoxy) is 2. The molecule has 170 valence electrons. The standard InChI is InChI=1S/C22H25N3O5S2/c26-20(24-16-5-7-18-19(13-16)30-22(29-18)9-1-2-10-22)15-31-21-8-6-17(14-23-21)32(27,28)25-11-3-4-12-25/h5-8,13-14H,1-4,9-12,15H2,(H,24,26). The third-order valence-electron chi connectivity index (χ3n) is 5.95. The Kier molecular flexibility index (Phi) is 5.77. The van der Waals surface area contributed by atoms with Gasteiger partial charge in [0.05, 0.1) is 10.8 Å². The number of carbonyl (C=O) groups excluding carboxylic acids is 1. The molecule has 0 unspecified atom stereocenters. The molecule has 0 atom stereocenters. The molecule has 3 aliphatic rings. The van der Waals surface area contributed by atoms with Gasteiger partial charge in [0.25, 0.3) is 5.79 Å². The largest absolute Gasteiger partial charge is 0.448 e. The summed E-state index contributed by atoms with van der Waals surface area (Å²) in [6, 6.07) is 8.61. The first-order valence-electron chi connectivity index (χ1n) is 10.8. The maximum atomic E-state index is 12.6. The molecular formula is C22H25N3O5S2. The molecule has 1 N–H and O–H groups in total. The Morgan fingerprint density at radius 2 is 1.81 bits per heavy atom. The molecule has 1 amide bonds. The summed E-state index contributed by atoms with van der Waals surface area (Å²) in [5.41, 5.74) is 0.646. The zero-order chi connectivity index (χ0) is 22.2. The number of nitrogens with one attached hydrogen (secondary N) is 1. The molecule has 1 aromatic heterocycles. The van der Waals surface area contributed by atoms with E-state index in [1.54, 1.807) is 24.3 Å². The molecule has 1 saturated heterocycles. The number of benzene rings is 1. The van der Waals surface area contributed by atoms with E-state index < -0.39 is 15.8 Å². The maximum absolute atomic E-state index is 12.6. The van der Waals surface area contributed by atoms with Crippen molar-refractivity contribution in [3.8, 4) is 11.5 Å². The molecule has 10 heteroatoms. The van der Waals surface area contributed by atoms with Crippen LogP contribution in [-0.4, -0.2) is 48.2 Å². The van der Waals surface area contributed by atoms with E-state index in [0.29, 0.717) is 35.3 Å². The van der Waals surface area contributed by atoms with E-state index in [2.05, 4.69) is 10.3 Å². The highest BCUT2D eigenvalue weighted by atomic mass is 32.2. The number of amides is 1. The highest BCUT2D eigenvalue weighted by Gasteiger charge is 2.44. The summed E-state index contributed by atoms with van der Waals surface area (Å²) in [6.45, 7) is 1.11. The van der Waals surface area contributed by atoms with E-state index in [1.165, 1.54) is 22.3 Å². The molecule has 1 spiro atoms. The summed E-state index contributed by atoms with van der Waals surface area (Å²) in [4.78, 5) is 16.8. The first-order valence-corrected chi connectivity index (χ1v) is 13.3. The second kappa shape index (κ2) is 8.57. The van der Waals surface area contributed by atoms with Crippen molar-refractivity contribution in [2.75, 3.05) is 24.2 Å². The van der Waals surface area contributed by atoms with Crippen LogP contribution in [0.4, 0.5) is 5.69 Å². The van der Waals surface area contributed by atoms with Crippen LogP contribution in [0.25, 0.3) is 0 Å². The highest BCUT2D eigenvalue weighted by molar-refractivity contribution is 7.99. The third kappa shape index (κ3) is 4.31. The van der Waals surface area contributed by atoms with Crippen LogP contribution < -0.4 is 14.8 Å². The van der Waals surface area contributed by atoms with Gasteiger partial charge in [-0.1, -0.05) is 11.8 Å². The van der Waals surface area contributed by atoms with Crippen molar-refractivity contribution in [3.05, 3.63) is 36.5 Å².